The Balaban J connectivity index is 2.23. The van der Waals surface area contributed by atoms with Crippen molar-refractivity contribution >= 4 is 21.5 Å². The number of hydrogen-bond acceptors (Lipinski definition) is 4. The van der Waals surface area contributed by atoms with Gasteiger partial charge in [-0.2, -0.15) is 4.31 Å². The number of ketones is 1. The van der Waals surface area contributed by atoms with Crippen molar-refractivity contribution in [3.63, 3.8) is 0 Å². The lowest BCUT2D eigenvalue weighted by Crippen LogP contribution is -2.53. The normalized spacial score (nSPS) is 21.4. The van der Waals surface area contributed by atoms with Crippen LogP contribution in [0.3, 0.4) is 0 Å². The number of rotatable bonds is 3. The molecule has 0 saturated heterocycles. The van der Waals surface area contributed by atoms with E-state index in [-0.39, 0.29) is 17.2 Å². The van der Waals surface area contributed by atoms with Crippen LogP contribution in [0.4, 0.5) is 0 Å². The van der Waals surface area contributed by atoms with E-state index in [0.29, 0.717) is 16.8 Å². The molecular weight excluding hydrogens is 324 g/mol. The summed E-state index contributed by atoms with van der Waals surface area (Å²) >= 11 is 0. The number of nitrogens with zero attached hydrogens (tertiary/aromatic N) is 2. The highest BCUT2D eigenvalue weighted by atomic mass is 32.2. The summed E-state index contributed by atoms with van der Waals surface area (Å²) in [7, 11) is -2.16. The first kappa shape index (κ1) is 16.5. The van der Waals surface area contributed by atoms with Gasteiger partial charge in [-0.05, 0) is 6.07 Å². The van der Waals surface area contributed by atoms with Gasteiger partial charge in [0.05, 0.1) is 10.6 Å². The van der Waals surface area contributed by atoms with Crippen molar-refractivity contribution in [1.82, 2.24) is 4.31 Å². The molecule has 1 heterocycles. The zero-order chi connectivity index (χ0) is 17.3. The fourth-order valence-electron chi connectivity index (χ4n) is 3.06. The molecule has 0 radical (unpaired) electrons. The molecule has 2 aromatic carbocycles. The summed E-state index contributed by atoms with van der Waals surface area (Å²) in [6, 6.07) is 14.5. The van der Waals surface area contributed by atoms with Crippen LogP contribution in [0.25, 0.3) is 0 Å². The first-order chi connectivity index (χ1) is 11.5. The highest BCUT2D eigenvalue weighted by Gasteiger charge is 2.44. The Hall–Kier alpha value is -2.31. The molecular formula is C18H18N2O3S. The van der Waals surface area contributed by atoms with Crippen molar-refractivity contribution in [3.8, 4) is 0 Å². The molecule has 0 unspecified atom stereocenters. The van der Waals surface area contributed by atoms with Gasteiger partial charge in [-0.3, -0.25) is 9.79 Å². The molecule has 0 aliphatic carbocycles. The van der Waals surface area contributed by atoms with Gasteiger partial charge in [0.2, 0.25) is 10.0 Å². The molecule has 0 bridgehead atoms. The molecule has 5 nitrogen and oxygen atoms in total. The maximum Gasteiger partial charge on any atom is 0.244 e. The van der Waals surface area contributed by atoms with E-state index in [1.807, 2.05) is 6.07 Å². The number of carbonyl (C=O) groups is 1. The second kappa shape index (κ2) is 6.30. The van der Waals surface area contributed by atoms with Crippen LogP contribution in [0.15, 0.2) is 64.5 Å². The Labute approximate surface area is 141 Å². The highest BCUT2D eigenvalue weighted by molar-refractivity contribution is 7.89. The van der Waals surface area contributed by atoms with E-state index in [2.05, 4.69) is 4.99 Å². The van der Waals surface area contributed by atoms with Crippen molar-refractivity contribution in [2.45, 2.75) is 17.9 Å². The predicted octanol–water partition coefficient (Wildman–Crippen LogP) is 2.38. The molecule has 0 spiro atoms. The Bertz CT molecular complexity index is 905. The van der Waals surface area contributed by atoms with E-state index in [0.717, 1.165) is 0 Å². The summed E-state index contributed by atoms with van der Waals surface area (Å²) in [5, 5.41) is 0. The van der Waals surface area contributed by atoms with Crippen molar-refractivity contribution in [3.05, 3.63) is 65.7 Å². The number of likely N-dealkylation sites (N-methyl/N-ethyl adjacent to an activating group) is 1. The maximum absolute atomic E-state index is 13.0. The standard InChI is InChI=1S/C18H18N2O3S/c1-3-20-17(18(21)13-9-5-4-6-10-13)16(19-2)14-11-7-8-12-15(14)24(20,22)23/h4-12,17H,3H2,1-2H3/t17-/m0/s1. The van der Waals surface area contributed by atoms with Crippen molar-refractivity contribution in [2.75, 3.05) is 13.6 Å². The van der Waals surface area contributed by atoms with Gasteiger partial charge in [0.25, 0.3) is 0 Å². The van der Waals surface area contributed by atoms with Crippen LogP contribution in [-0.4, -0.2) is 43.9 Å². The van der Waals surface area contributed by atoms with E-state index < -0.39 is 16.1 Å². The summed E-state index contributed by atoms with van der Waals surface area (Å²) in [6.07, 6.45) is 0. The fraction of sp³-hybridized carbons (Fsp3) is 0.222. The average Bonchev–Trinajstić information content (AvgIpc) is 2.61. The topological polar surface area (TPSA) is 66.8 Å². The van der Waals surface area contributed by atoms with Crippen LogP contribution in [0.1, 0.15) is 22.8 Å². The van der Waals surface area contributed by atoms with Crippen LogP contribution in [0, 0.1) is 0 Å². The Morgan fingerprint density at radius 1 is 1.08 bits per heavy atom. The van der Waals surface area contributed by atoms with Gasteiger partial charge >= 0.3 is 0 Å². The minimum atomic E-state index is -3.75. The van der Waals surface area contributed by atoms with Crippen LogP contribution in [0.2, 0.25) is 0 Å². The summed E-state index contributed by atoms with van der Waals surface area (Å²) < 4.78 is 27.2. The minimum Gasteiger partial charge on any atom is -0.292 e. The van der Waals surface area contributed by atoms with Crippen LogP contribution in [0.5, 0.6) is 0 Å². The molecule has 0 saturated carbocycles. The second-order valence-corrected chi connectivity index (χ2v) is 7.31. The molecule has 124 valence electrons. The van der Waals surface area contributed by atoms with E-state index in [4.69, 9.17) is 0 Å². The van der Waals surface area contributed by atoms with Crippen molar-refractivity contribution in [2.24, 2.45) is 4.99 Å². The molecule has 0 aromatic heterocycles. The van der Waals surface area contributed by atoms with Crippen molar-refractivity contribution in [1.29, 1.82) is 0 Å². The number of benzene rings is 2. The summed E-state index contributed by atoms with van der Waals surface area (Å²) in [4.78, 5) is 17.5. The molecule has 0 fully saturated rings. The van der Waals surface area contributed by atoms with E-state index in [9.17, 15) is 13.2 Å². The van der Waals surface area contributed by atoms with Gasteiger partial charge in [-0.15, -0.1) is 0 Å². The number of hydrogen-bond donors (Lipinski definition) is 0. The molecule has 1 aliphatic rings. The highest BCUT2D eigenvalue weighted by Crippen LogP contribution is 2.31. The number of aliphatic imine (C=N–C) groups is 1. The van der Waals surface area contributed by atoms with E-state index >= 15 is 0 Å². The maximum atomic E-state index is 13.0. The van der Waals surface area contributed by atoms with Crippen LogP contribution < -0.4 is 0 Å². The third-order valence-corrected chi connectivity index (χ3v) is 6.15. The van der Waals surface area contributed by atoms with Gasteiger partial charge in [-0.25, -0.2) is 8.42 Å². The van der Waals surface area contributed by atoms with Gasteiger partial charge in [0, 0.05) is 24.7 Å². The summed E-state index contributed by atoms with van der Waals surface area (Å²) in [5.41, 5.74) is 1.45. The molecule has 1 atom stereocenters. The molecule has 2 aromatic rings. The Morgan fingerprint density at radius 3 is 2.33 bits per heavy atom. The lowest BCUT2D eigenvalue weighted by Gasteiger charge is -2.35. The van der Waals surface area contributed by atoms with Crippen LogP contribution >= 0.6 is 0 Å². The lowest BCUT2D eigenvalue weighted by molar-refractivity contribution is 0.0937. The SMILES string of the molecule is CCN1[C@H](C(=O)c2ccccc2)C(=NC)c2ccccc2S1(=O)=O. The van der Waals surface area contributed by atoms with Crippen LogP contribution in [-0.2, 0) is 10.0 Å². The molecule has 0 amide bonds. The van der Waals surface area contributed by atoms with E-state index in [1.54, 1.807) is 62.5 Å². The number of Topliss-reactive ketones (excluding diaryl/α,β-unsaturated/α-hetero) is 1. The molecule has 24 heavy (non-hydrogen) atoms. The molecule has 6 heteroatoms. The summed E-state index contributed by atoms with van der Waals surface area (Å²) in [6.45, 7) is 1.92. The van der Waals surface area contributed by atoms with Crippen molar-refractivity contribution < 1.29 is 13.2 Å². The third-order valence-electron chi connectivity index (χ3n) is 4.16. The Kier molecular flexibility index (Phi) is 4.34. The summed E-state index contributed by atoms with van der Waals surface area (Å²) in [5.74, 6) is -0.267. The zero-order valence-corrected chi connectivity index (χ0v) is 14.3. The number of fused-ring (bicyclic) bond motifs is 1. The predicted molar refractivity (Wildman–Crippen MR) is 93.0 cm³/mol. The second-order valence-electron chi connectivity index (χ2n) is 5.45. The minimum absolute atomic E-state index is 0.193. The van der Waals surface area contributed by atoms with Gasteiger partial charge in [0.1, 0.15) is 6.04 Å². The smallest absolute Gasteiger partial charge is 0.244 e. The fourth-order valence-corrected chi connectivity index (χ4v) is 4.83. The zero-order valence-electron chi connectivity index (χ0n) is 13.5. The molecule has 1 aliphatic heterocycles. The molecule has 3 rings (SSSR count). The Morgan fingerprint density at radius 2 is 1.71 bits per heavy atom. The number of carbonyl (C=O) groups excluding carboxylic acids is 1. The first-order valence-electron chi connectivity index (χ1n) is 7.69. The average molecular weight is 342 g/mol. The third kappa shape index (κ3) is 2.48. The first-order valence-corrected chi connectivity index (χ1v) is 9.13. The van der Waals surface area contributed by atoms with Gasteiger partial charge < -0.3 is 0 Å². The molecule has 0 N–H and O–H groups in total. The largest absolute Gasteiger partial charge is 0.292 e. The monoisotopic (exact) mass is 342 g/mol. The van der Waals surface area contributed by atoms with E-state index in [1.165, 1.54) is 4.31 Å². The number of sulfonamides is 1. The quantitative estimate of drug-likeness (QED) is 0.804. The van der Waals surface area contributed by atoms with Gasteiger partial charge in [-0.1, -0.05) is 55.5 Å². The van der Waals surface area contributed by atoms with Gasteiger partial charge in [0.15, 0.2) is 5.78 Å². The lowest BCUT2D eigenvalue weighted by atomic mass is 9.95.